The number of β-amino-alcohol motifs (C(OH)–C–C–N with tert-alkyl or cyclic N) is 1. The van der Waals surface area contributed by atoms with Crippen LogP contribution in [0.4, 0.5) is 4.39 Å². The van der Waals surface area contributed by atoms with Gasteiger partial charge in [0.15, 0.2) is 11.5 Å². The quantitative estimate of drug-likeness (QED) is 0.548. The molecule has 2 fully saturated rings. The number of piperazine rings is 1. The van der Waals surface area contributed by atoms with Gasteiger partial charge in [-0.3, -0.25) is 14.5 Å². The van der Waals surface area contributed by atoms with Crippen LogP contribution in [-0.2, 0) is 16.1 Å². The molecular weight excluding hydrogens is 433 g/mol. The van der Waals surface area contributed by atoms with E-state index in [1.807, 2.05) is 23.1 Å². The van der Waals surface area contributed by atoms with Crippen molar-refractivity contribution in [3.63, 3.8) is 0 Å². The molecule has 9 nitrogen and oxygen atoms in total. The minimum atomic E-state index is -0.716. The topological polar surface area (TPSA) is 103 Å². The number of hydrogen-bond donors (Lipinski definition) is 2. The molecule has 10 heteroatoms. The van der Waals surface area contributed by atoms with E-state index in [4.69, 9.17) is 19.4 Å². The maximum atomic E-state index is 13.3. The third-order valence-corrected chi connectivity index (χ3v) is 5.87. The van der Waals surface area contributed by atoms with E-state index in [-0.39, 0.29) is 19.0 Å². The zero-order valence-electron chi connectivity index (χ0n) is 19.5. The fourth-order valence-electron chi connectivity index (χ4n) is 4.03. The minimum Gasteiger partial charge on any atom is -0.493 e. The van der Waals surface area contributed by atoms with E-state index in [1.165, 1.54) is 0 Å². The van der Waals surface area contributed by atoms with Gasteiger partial charge in [-0.1, -0.05) is 6.07 Å². The molecule has 2 heterocycles. The Kier molecular flexibility index (Phi) is 11.4. The van der Waals surface area contributed by atoms with Crippen LogP contribution in [0, 0.1) is 0 Å². The van der Waals surface area contributed by atoms with Crippen molar-refractivity contribution in [2.24, 2.45) is 0 Å². The highest BCUT2D eigenvalue weighted by Gasteiger charge is 2.22. The first-order valence-corrected chi connectivity index (χ1v) is 11.3. The molecule has 0 aromatic heterocycles. The molecule has 1 atom stereocenters. The highest BCUT2D eigenvalue weighted by Crippen LogP contribution is 2.29. The lowest BCUT2D eigenvalue weighted by Gasteiger charge is -2.34. The molecule has 3 rings (SSSR count). The van der Waals surface area contributed by atoms with Crippen LogP contribution in [0.5, 0.6) is 11.5 Å². The molecular formula is C23H36FN3O6. The number of carbonyl (C=O) groups excluding carboxylic acids is 1. The minimum absolute atomic E-state index is 0.127. The molecule has 1 unspecified atom stereocenters. The van der Waals surface area contributed by atoms with E-state index < -0.39 is 12.3 Å². The summed E-state index contributed by atoms with van der Waals surface area (Å²) in [5, 5.41) is 17.2. The van der Waals surface area contributed by atoms with Gasteiger partial charge in [0.05, 0.1) is 7.11 Å². The first kappa shape index (κ1) is 26.8. The highest BCUT2D eigenvalue weighted by atomic mass is 19.1. The fourth-order valence-corrected chi connectivity index (χ4v) is 4.03. The Hall–Kier alpha value is -2.43. The van der Waals surface area contributed by atoms with Crippen LogP contribution in [0.25, 0.3) is 0 Å². The van der Waals surface area contributed by atoms with Gasteiger partial charge in [0, 0.05) is 59.3 Å². The number of alkyl halides is 1. The number of halogens is 1. The molecule has 0 saturated carbocycles. The number of aliphatic hydroxyl groups excluding tert-OH is 1. The van der Waals surface area contributed by atoms with E-state index in [9.17, 15) is 14.3 Å². The first-order valence-electron chi connectivity index (χ1n) is 11.3. The van der Waals surface area contributed by atoms with Gasteiger partial charge in [-0.2, -0.15) is 0 Å². The van der Waals surface area contributed by atoms with Gasteiger partial charge in [-0.05, 0) is 30.5 Å². The average Bonchev–Trinajstić information content (AvgIpc) is 2.80. The van der Waals surface area contributed by atoms with Crippen molar-refractivity contribution in [3.8, 4) is 11.5 Å². The number of aliphatic hydroxyl groups is 1. The molecule has 0 spiro atoms. The Morgan fingerprint density at radius 1 is 1.15 bits per heavy atom. The van der Waals surface area contributed by atoms with Crippen LogP contribution in [0.15, 0.2) is 18.2 Å². The lowest BCUT2D eigenvalue weighted by Crippen LogP contribution is -2.47. The van der Waals surface area contributed by atoms with Gasteiger partial charge in [-0.15, -0.1) is 0 Å². The second kappa shape index (κ2) is 14.0. The standard InChI is InChI=1S/C22H34FN3O4.CH2O2/c1-17(27)26-11-9-25(10-12-26)14-18-3-4-21(29-2)22(13-18)30-16-20(28)15-24-7-5-19(23)6-8-24;2-1-3/h3-4,13,19-20,28H,5-12,14-16H2,1-2H3;1H,(H,2,3). The number of carboxylic acid groups (broad SMARTS) is 1. The van der Waals surface area contributed by atoms with E-state index in [0.717, 1.165) is 38.3 Å². The summed E-state index contributed by atoms with van der Waals surface area (Å²) < 4.78 is 24.6. The number of benzene rings is 1. The summed E-state index contributed by atoms with van der Waals surface area (Å²) in [4.78, 5) is 26.1. The van der Waals surface area contributed by atoms with Crippen molar-refractivity contribution in [2.75, 3.05) is 59.5 Å². The molecule has 33 heavy (non-hydrogen) atoms. The SMILES string of the molecule is COc1ccc(CN2CCN(C(C)=O)CC2)cc1OCC(O)CN1CCC(F)CC1.O=CO. The van der Waals surface area contributed by atoms with Gasteiger partial charge >= 0.3 is 0 Å². The summed E-state index contributed by atoms with van der Waals surface area (Å²) in [7, 11) is 1.60. The van der Waals surface area contributed by atoms with Crippen molar-refractivity contribution in [1.29, 1.82) is 0 Å². The summed E-state index contributed by atoms with van der Waals surface area (Å²) in [5.41, 5.74) is 1.10. The van der Waals surface area contributed by atoms with Crippen molar-refractivity contribution < 1.29 is 33.7 Å². The molecule has 2 N–H and O–H groups in total. The smallest absolute Gasteiger partial charge is 0.290 e. The van der Waals surface area contributed by atoms with Crippen LogP contribution in [0.1, 0.15) is 25.3 Å². The molecule has 2 aliphatic rings. The molecule has 0 radical (unpaired) electrons. The maximum absolute atomic E-state index is 13.3. The lowest BCUT2D eigenvalue weighted by atomic mass is 10.1. The Bertz CT molecular complexity index is 737. The summed E-state index contributed by atoms with van der Waals surface area (Å²) in [6.07, 6.45) is -0.296. The molecule has 2 saturated heterocycles. The average molecular weight is 470 g/mol. The zero-order valence-corrected chi connectivity index (χ0v) is 19.5. The Morgan fingerprint density at radius 2 is 1.79 bits per heavy atom. The summed E-state index contributed by atoms with van der Waals surface area (Å²) >= 11 is 0. The van der Waals surface area contributed by atoms with Gasteiger partial charge in [0.1, 0.15) is 18.9 Å². The number of ether oxygens (including phenoxy) is 2. The monoisotopic (exact) mass is 469 g/mol. The van der Waals surface area contributed by atoms with Crippen LogP contribution < -0.4 is 9.47 Å². The zero-order chi connectivity index (χ0) is 24.2. The van der Waals surface area contributed by atoms with Gasteiger partial charge in [0.25, 0.3) is 6.47 Å². The molecule has 186 valence electrons. The number of carbonyl (C=O) groups is 2. The van der Waals surface area contributed by atoms with Crippen LogP contribution >= 0.6 is 0 Å². The summed E-state index contributed by atoms with van der Waals surface area (Å²) in [6.45, 7) is 7.31. The first-order chi connectivity index (χ1) is 15.9. The van der Waals surface area contributed by atoms with Crippen LogP contribution in [-0.4, -0.2) is 109 Å². The highest BCUT2D eigenvalue weighted by molar-refractivity contribution is 5.73. The molecule has 0 aliphatic carbocycles. The Morgan fingerprint density at radius 3 is 2.36 bits per heavy atom. The Labute approximate surface area is 194 Å². The van der Waals surface area contributed by atoms with Crippen molar-refractivity contribution >= 4 is 12.4 Å². The number of methoxy groups -OCH3 is 1. The molecule has 1 amide bonds. The van der Waals surface area contributed by atoms with Crippen LogP contribution in [0.3, 0.4) is 0 Å². The van der Waals surface area contributed by atoms with Gasteiger partial charge in [0.2, 0.25) is 5.91 Å². The summed E-state index contributed by atoms with van der Waals surface area (Å²) in [5.74, 6) is 1.37. The van der Waals surface area contributed by atoms with Crippen LogP contribution in [0.2, 0.25) is 0 Å². The maximum Gasteiger partial charge on any atom is 0.290 e. The second-order valence-electron chi connectivity index (χ2n) is 8.31. The third-order valence-electron chi connectivity index (χ3n) is 5.87. The normalized spacial score (nSPS) is 18.7. The number of hydrogen-bond acceptors (Lipinski definition) is 7. The van der Waals surface area contributed by atoms with E-state index >= 15 is 0 Å². The molecule has 0 bridgehead atoms. The molecule has 1 aromatic carbocycles. The molecule has 2 aliphatic heterocycles. The van der Waals surface area contributed by atoms with E-state index in [1.54, 1.807) is 14.0 Å². The van der Waals surface area contributed by atoms with E-state index in [2.05, 4.69) is 9.80 Å². The predicted octanol–water partition coefficient (Wildman–Crippen LogP) is 1.23. The lowest BCUT2D eigenvalue weighted by molar-refractivity contribution is -0.130. The third kappa shape index (κ3) is 9.15. The largest absolute Gasteiger partial charge is 0.493 e. The summed E-state index contributed by atoms with van der Waals surface area (Å²) in [6, 6.07) is 5.85. The number of likely N-dealkylation sites (tertiary alicyclic amines) is 1. The number of nitrogens with zero attached hydrogens (tertiary/aromatic N) is 3. The molecule has 1 aromatic rings. The van der Waals surface area contributed by atoms with E-state index in [0.29, 0.717) is 44.0 Å². The number of piperidine rings is 1. The van der Waals surface area contributed by atoms with Crippen molar-refractivity contribution in [1.82, 2.24) is 14.7 Å². The second-order valence-corrected chi connectivity index (χ2v) is 8.31. The Balaban J connectivity index is 0.00000122. The van der Waals surface area contributed by atoms with Gasteiger partial charge in [-0.25, -0.2) is 4.39 Å². The van der Waals surface area contributed by atoms with Crippen molar-refractivity contribution in [2.45, 2.75) is 38.6 Å². The number of rotatable bonds is 8. The fraction of sp³-hybridized carbons (Fsp3) is 0.652. The van der Waals surface area contributed by atoms with Gasteiger partial charge < -0.3 is 29.5 Å². The number of amides is 1. The van der Waals surface area contributed by atoms with Crippen molar-refractivity contribution in [3.05, 3.63) is 23.8 Å². The predicted molar refractivity (Wildman–Crippen MR) is 121 cm³/mol.